The first kappa shape index (κ1) is 20.8. The summed E-state index contributed by atoms with van der Waals surface area (Å²) in [6, 6.07) is 8.88. The van der Waals surface area contributed by atoms with Gasteiger partial charge in [0.05, 0.1) is 28.7 Å². The lowest BCUT2D eigenvalue weighted by molar-refractivity contribution is -0.143. The maximum absolute atomic E-state index is 13.0. The quantitative estimate of drug-likeness (QED) is 0.586. The molecular weight excluding hydrogens is 424 g/mol. The van der Waals surface area contributed by atoms with Gasteiger partial charge >= 0.3 is 12.4 Å². The molecule has 5 nitrogen and oxygen atoms in total. The zero-order chi connectivity index (χ0) is 22.2. The van der Waals surface area contributed by atoms with Gasteiger partial charge in [-0.05, 0) is 42.0 Å². The molecule has 0 atom stereocenters. The molecule has 0 bridgehead atoms. The predicted octanol–water partition coefficient (Wildman–Crippen LogP) is 4.62. The minimum Gasteiger partial charge on any atom is -0.352 e. The highest BCUT2D eigenvalue weighted by molar-refractivity contribution is 5.89. The molecule has 0 amide bonds. The van der Waals surface area contributed by atoms with Gasteiger partial charge in [0.1, 0.15) is 12.1 Å². The zero-order valence-corrected chi connectivity index (χ0v) is 15.7. The summed E-state index contributed by atoms with van der Waals surface area (Å²) in [5, 5.41) is 5.75. The molecule has 11 heteroatoms. The van der Waals surface area contributed by atoms with Crippen LogP contribution >= 0.6 is 0 Å². The Balaban J connectivity index is 1.51. The molecule has 162 valence electrons. The van der Waals surface area contributed by atoms with E-state index in [0.717, 1.165) is 11.0 Å². The van der Waals surface area contributed by atoms with Crippen molar-refractivity contribution < 1.29 is 26.3 Å². The number of nitrogens with one attached hydrogen (secondary N) is 2. The molecular formula is C20H15F6N5. The van der Waals surface area contributed by atoms with Crippen LogP contribution in [-0.4, -0.2) is 22.1 Å². The van der Waals surface area contributed by atoms with E-state index < -0.39 is 23.5 Å². The number of benzene rings is 2. The average molecular weight is 439 g/mol. The SMILES string of the molecule is FC(F)(F)c1cc(CNC2=NCC=C(n3cnc4ccccc43)N2)cc(C(F)(F)F)c1. The van der Waals surface area contributed by atoms with Crippen molar-refractivity contribution in [1.82, 2.24) is 20.2 Å². The first-order valence-corrected chi connectivity index (χ1v) is 9.07. The Labute approximate surface area is 172 Å². The van der Waals surface area contributed by atoms with E-state index in [9.17, 15) is 26.3 Å². The number of hydrogen-bond acceptors (Lipinski definition) is 4. The van der Waals surface area contributed by atoms with E-state index in [4.69, 9.17) is 0 Å². The lowest BCUT2D eigenvalue weighted by Gasteiger charge is -2.20. The summed E-state index contributed by atoms with van der Waals surface area (Å²) in [7, 11) is 0. The lowest BCUT2D eigenvalue weighted by atomic mass is 10.0. The molecule has 0 spiro atoms. The van der Waals surface area contributed by atoms with Crippen molar-refractivity contribution in [2.75, 3.05) is 6.54 Å². The van der Waals surface area contributed by atoms with E-state index >= 15 is 0 Å². The average Bonchev–Trinajstić information content (AvgIpc) is 3.15. The molecule has 0 radical (unpaired) electrons. The van der Waals surface area contributed by atoms with Crippen molar-refractivity contribution in [2.24, 2.45) is 4.99 Å². The van der Waals surface area contributed by atoms with E-state index in [1.54, 1.807) is 17.0 Å². The Kier molecular flexibility index (Phi) is 5.11. The van der Waals surface area contributed by atoms with Crippen LogP contribution in [0.15, 0.2) is 59.9 Å². The molecule has 0 unspecified atom stereocenters. The van der Waals surface area contributed by atoms with Gasteiger partial charge in [0.2, 0.25) is 0 Å². The molecule has 0 aliphatic carbocycles. The van der Waals surface area contributed by atoms with Crippen LogP contribution in [0.1, 0.15) is 16.7 Å². The molecule has 0 saturated carbocycles. The predicted molar refractivity (Wildman–Crippen MR) is 103 cm³/mol. The molecule has 0 fully saturated rings. The summed E-state index contributed by atoms with van der Waals surface area (Å²) in [5.41, 5.74) is -1.29. The van der Waals surface area contributed by atoms with Crippen LogP contribution in [0.25, 0.3) is 16.9 Å². The highest BCUT2D eigenvalue weighted by Crippen LogP contribution is 2.36. The largest absolute Gasteiger partial charge is 0.416 e. The maximum Gasteiger partial charge on any atom is 0.416 e. The highest BCUT2D eigenvalue weighted by atomic mass is 19.4. The lowest BCUT2D eigenvalue weighted by Crippen LogP contribution is -2.39. The summed E-state index contributed by atoms with van der Waals surface area (Å²) < 4.78 is 79.9. The molecule has 1 aromatic heterocycles. The summed E-state index contributed by atoms with van der Waals surface area (Å²) in [6.45, 7) is -0.00957. The summed E-state index contributed by atoms with van der Waals surface area (Å²) in [6.07, 6.45) is -6.40. The number of guanidine groups is 1. The molecule has 2 aromatic carbocycles. The topological polar surface area (TPSA) is 54.2 Å². The minimum absolute atomic E-state index is 0.102. The molecule has 31 heavy (non-hydrogen) atoms. The van der Waals surface area contributed by atoms with Crippen LogP contribution in [-0.2, 0) is 18.9 Å². The second-order valence-corrected chi connectivity index (χ2v) is 6.77. The highest BCUT2D eigenvalue weighted by Gasteiger charge is 2.36. The van der Waals surface area contributed by atoms with Gasteiger partial charge in [0.25, 0.3) is 0 Å². The fourth-order valence-electron chi connectivity index (χ4n) is 3.15. The van der Waals surface area contributed by atoms with Crippen molar-refractivity contribution in [3.63, 3.8) is 0 Å². The van der Waals surface area contributed by atoms with Crippen LogP contribution in [0, 0.1) is 0 Å². The molecule has 3 aromatic rings. The number of hydrogen-bond donors (Lipinski definition) is 2. The fraction of sp³-hybridized carbons (Fsp3) is 0.200. The third-order valence-electron chi connectivity index (χ3n) is 4.60. The second kappa shape index (κ2) is 7.64. The molecule has 4 rings (SSSR count). The van der Waals surface area contributed by atoms with E-state index in [-0.39, 0.29) is 30.7 Å². The number of nitrogens with zero attached hydrogens (tertiary/aromatic N) is 3. The number of rotatable bonds is 3. The summed E-state index contributed by atoms with van der Waals surface area (Å²) in [4.78, 5) is 8.45. The number of para-hydroxylation sites is 2. The number of imidazole rings is 1. The summed E-state index contributed by atoms with van der Waals surface area (Å²) >= 11 is 0. The zero-order valence-electron chi connectivity index (χ0n) is 15.7. The number of fused-ring (bicyclic) bond motifs is 1. The smallest absolute Gasteiger partial charge is 0.352 e. The van der Waals surface area contributed by atoms with Crippen molar-refractivity contribution in [2.45, 2.75) is 18.9 Å². The number of alkyl halides is 6. The van der Waals surface area contributed by atoms with Crippen LogP contribution in [0.4, 0.5) is 26.3 Å². The first-order valence-electron chi connectivity index (χ1n) is 9.07. The van der Waals surface area contributed by atoms with Crippen molar-refractivity contribution in [3.05, 3.63) is 71.6 Å². The Bertz CT molecular complexity index is 1140. The van der Waals surface area contributed by atoms with Gasteiger partial charge in [-0.15, -0.1) is 0 Å². The normalized spacial score (nSPS) is 14.8. The van der Waals surface area contributed by atoms with Crippen LogP contribution < -0.4 is 10.6 Å². The Morgan fingerprint density at radius 3 is 2.32 bits per heavy atom. The Morgan fingerprint density at radius 1 is 0.968 bits per heavy atom. The molecule has 1 aliphatic rings. The van der Waals surface area contributed by atoms with Gasteiger partial charge in [-0.3, -0.25) is 4.57 Å². The van der Waals surface area contributed by atoms with E-state index in [1.807, 2.05) is 24.3 Å². The van der Waals surface area contributed by atoms with Gasteiger partial charge in [0, 0.05) is 6.54 Å². The molecule has 2 N–H and O–H groups in total. The number of aromatic nitrogens is 2. The van der Waals surface area contributed by atoms with E-state index in [1.165, 1.54) is 0 Å². The maximum atomic E-state index is 13.0. The van der Waals surface area contributed by atoms with Gasteiger partial charge in [-0.1, -0.05) is 12.1 Å². The van der Waals surface area contributed by atoms with E-state index in [0.29, 0.717) is 18.0 Å². The van der Waals surface area contributed by atoms with Gasteiger partial charge < -0.3 is 10.6 Å². The first-order chi connectivity index (χ1) is 14.6. The monoisotopic (exact) mass is 439 g/mol. The van der Waals surface area contributed by atoms with Crippen molar-refractivity contribution >= 4 is 22.8 Å². The second-order valence-electron chi connectivity index (χ2n) is 6.77. The number of halogens is 6. The standard InChI is InChI=1S/C20H15F6N5/c21-19(22,23)13-7-12(8-14(9-13)20(24,25)26)10-28-18-27-6-5-17(30-18)31-11-29-15-3-1-2-4-16(15)31/h1-5,7-9,11H,6,10H2,(H2,27,28,30). The minimum atomic E-state index is -4.89. The van der Waals surface area contributed by atoms with Crippen molar-refractivity contribution in [1.29, 1.82) is 0 Å². The molecule has 2 heterocycles. The van der Waals surface area contributed by atoms with Crippen LogP contribution in [0.3, 0.4) is 0 Å². The summed E-state index contributed by atoms with van der Waals surface area (Å²) in [5.74, 6) is 0.840. The molecule has 1 aliphatic heterocycles. The van der Waals surface area contributed by atoms with Gasteiger partial charge in [-0.2, -0.15) is 26.3 Å². The number of aliphatic imine (C=N–C) groups is 1. The third kappa shape index (κ3) is 4.49. The Hall–Kier alpha value is -3.50. The fourth-order valence-corrected chi connectivity index (χ4v) is 3.15. The van der Waals surface area contributed by atoms with Crippen molar-refractivity contribution in [3.8, 4) is 0 Å². The van der Waals surface area contributed by atoms with Crippen LogP contribution in [0.5, 0.6) is 0 Å². The molecule has 0 saturated heterocycles. The van der Waals surface area contributed by atoms with E-state index in [2.05, 4.69) is 20.6 Å². The third-order valence-corrected chi connectivity index (χ3v) is 4.60. The van der Waals surface area contributed by atoms with Crippen LogP contribution in [0.2, 0.25) is 0 Å². The van der Waals surface area contributed by atoms with Gasteiger partial charge in [0.15, 0.2) is 5.96 Å². The Morgan fingerprint density at radius 2 is 1.65 bits per heavy atom. The van der Waals surface area contributed by atoms with Gasteiger partial charge in [-0.25, -0.2) is 9.98 Å².